The number of aromatic nitrogens is 1. The smallest absolute Gasteiger partial charge is 0.185 e. The number of aryl methyl sites for hydroxylation is 1. The molecule has 2 aromatic heterocycles. The molecule has 0 radical (unpaired) electrons. The molecule has 0 aliphatic heterocycles. The van der Waals surface area contributed by atoms with Crippen LogP contribution in [0.1, 0.15) is 10.6 Å². The highest BCUT2D eigenvalue weighted by Gasteiger charge is 2.12. The Morgan fingerprint density at radius 2 is 2.07 bits per heavy atom. The van der Waals surface area contributed by atoms with E-state index in [4.69, 9.17) is 4.42 Å². The topological polar surface area (TPSA) is 35.1 Å². The van der Waals surface area contributed by atoms with E-state index in [1.165, 1.54) is 0 Å². The van der Waals surface area contributed by atoms with E-state index in [9.17, 15) is 4.79 Å². The van der Waals surface area contributed by atoms with Crippen LogP contribution in [0.2, 0.25) is 0 Å². The molecule has 15 heavy (non-hydrogen) atoms. The molecule has 0 aliphatic rings. The first kappa shape index (κ1) is 8.29. The third-order valence-electron chi connectivity index (χ3n) is 2.72. The monoisotopic (exact) mass is 199 g/mol. The van der Waals surface area contributed by atoms with E-state index < -0.39 is 0 Å². The Kier molecular flexibility index (Phi) is 1.51. The number of furan rings is 1. The number of fused-ring (bicyclic) bond motifs is 3. The van der Waals surface area contributed by atoms with Gasteiger partial charge in [0.15, 0.2) is 17.6 Å². The fourth-order valence-electron chi connectivity index (χ4n) is 1.99. The minimum absolute atomic E-state index is 0.376. The Morgan fingerprint density at radius 1 is 1.27 bits per heavy atom. The molecule has 0 amide bonds. The van der Waals surface area contributed by atoms with Crippen LogP contribution < -0.4 is 0 Å². The molecule has 2 heterocycles. The molecule has 0 aliphatic carbocycles. The van der Waals surface area contributed by atoms with Gasteiger partial charge < -0.3 is 8.98 Å². The molecular weight excluding hydrogens is 190 g/mol. The molecule has 0 N–H and O–H groups in total. The number of nitrogens with zero attached hydrogens (tertiary/aromatic N) is 1. The lowest BCUT2D eigenvalue weighted by molar-refractivity contribution is 0.110. The van der Waals surface area contributed by atoms with Crippen molar-refractivity contribution in [3.63, 3.8) is 0 Å². The summed E-state index contributed by atoms with van der Waals surface area (Å²) in [5.74, 6) is 0.376. The van der Waals surface area contributed by atoms with Crippen LogP contribution in [0.4, 0.5) is 0 Å². The molecule has 1 aromatic carbocycles. The number of hydrogen-bond acceptors (Lipinski definition) is 2. The van der Waals surface area contributed by atoms with Crippen LogP contribution in [0.5, 0.6) is 0 Å². The maximum absolute atomic E-state index is 10.6. The Morgan fingerprint density at radius 3 is 2.87 bits per heavy atom. The molecule has 0 spiro atoms. The maximum Gasteiger partial charge on any atom is 0.185 e. The first-order chi connectivity index (χ1) is 7.31. The lowest BCUT2D eigenvalue weighted by atomic mass is 10.2. The summed E-state index contributed by atoms with van der Waals surface area (Å²) in [6.07, 6.45) is 0.731. The maximum atomic E-state index is 10.6. The van der Waals surface area contributed by atoms with Gasteiger partial charge in [0.1, 0.15) is 0 Å². The summed E-state index contributed by atoms with van der Waals surface area (Å²) in [7, 11) is 1.97. The van der Waals surface area contributed by atoms with E-state index >= 15 is 0 Å². The molecular formula is C12H9NO2. The molecule has 0 bridgehead atoms. The van der Waals surface area contributed by atoms with E-state index in [0.29, 0.717) is 5.76 Å². The fourth-order valence-corrected chi connectivity index (χ4v) is 1.99. The zero-order valence-corrected chi connectivity index (χ0v) is 8.23. The number of carbonyl (C=O) groups is 1. The largest absolute Gasteiger partial charge is 0.451 e. The van der Waals surface area contributed by atoms with Crippen molar-refractivity contribution in [2.45, 2.75) is 0 Å². The molecule has 3 aromatic rings. The highest BCUT2D eigenvalue weighted by atomic mass is 16.3. The minimum atomic E-state index is 0.376. The van der Waals surface area contributed by atoms with E-state index in [0.717, 1.165) is 28.3 Å². The fraction of sp³-hybridized carbons (Fsp3) is 0.0833. The normalized spacial score (nSPS) is 11.3. The summed E-state index contributed by atoms with van der Waals surface area (Å²) in [5.41, 5.74) is 2.86. The third kappa shape index (κ3) is 0.973. The van der Waals surface area contributed by atoms with Crippen LogP contribution in [-0.4, -0.2) is 10.9 Å². The molecule has 3 nitrogen and oxygen atoms in total. The van der Waals surface area contributed by atoms with E-state index in [2.05, 4.69) is 0 Å². The van der Waals surface area contributed by atoms with Crippen LogP contribution in [0.3, 0.4) is 0 Å². The zero-order valence-electron chi connectivity index (χ0n) is 8.23. The summed E-state index contributed by atoms with van der Waals surface area (Å²) in [6.45, 7) is 0. The number of benzene rings is 1. The SMILES string of the molecule is Cn1c2ccccc2c2oc(C=O)cc21. The van der Waals surface area contributed by atoms with Crippen molar-refractivity contribution in [1.29, 1.82) is 0 Å². The lowest BCUT2D eigenvalue weighted by Crippen LogP contribution is -1.84. The average molecular weight is 199 g/mol. The van der Waals surface area contributed by atoms with Crippen molar-refractivity contribution in [3.8, 4) is 0 Å². The van der Waals surface area contributed by atoms with Crippen LogP contribution in [0.25, 0.3) is 22.0 Å². The predicted molar refractivity (Wildman–Crippen MR) is 58.1 cm³/mol. The van der Waals surface area contributed by atoms with Crippen LogP contribution in [-0.2, 0) is 7.05 Å². The first-order valence-electron chi connectivity index (χ1n) is 4.73. The van der Waals surface area contributed by atoms with Gasteiger partial charge in [-0.15, -0.1) is 0 Å². The minimum Gasteiger partial charge on any atom is -0.451 e. The van der Waals surface area contributed by atoms with E-state index in [-0.39, 0.29) is 0 Å². The van der Waals surface area contributed by atoms with Crippen molar-refractivity contribution in [1.82, 2.24) is 4.57 Å². The average Bonchev–Trinajstić information content (AvgIpc) is 2.80. The second-order valence-electron chi connectivity index (χ2n) is 3.56. The Labute approximate surface area is 85.9 Å². The van der Waals surface area contributed by atoms with Gasteiger partial charge in [0.2, 0.25) is 0 Å². The number of hydrogen-bond donors (Lipinski definition) is 0. The quantitative estimate of drug-likeness (QED) is 0.565. The van der Waals surface area contributed by atoms with Gasteiger partial charge in [-0.2, -0.15) is 0 Å². The number of para-hydroxylation sites is 1. The predicted octanol–water partition coefficient (Wildman–Crippen LogP) is 2.74. The van der Waals surface area contributed by atoms with Gasteiger partial charge in [-0.3, -0.25) is 4.79 Å². The van der Waals surface area contributed by atoms with Crippen molar-refractivity contribution in [3.05, 3.63) is 36.1 Å². The second kappa shape index (κ2) is 2.73. The second-order valence-corrected chi connectivity index (χ2v) is 3.56. The van der Waals surface area contributed by atoms with Crippen molar-refractivity contribution >= 4 is 28.3 Å². The van der Waals surface area contributed by atoms with E-state index in [1.54, 1.807) is 6.07 Å². The van der Waals surface area contributed by atoms with Gasteiger partial charge in [0.05, 0.1) is 11.0 Å². The highest BCUT2D eigenvalue weighted by molar-refractivity contribution is 6.05. The summed E-state index contributed by atoms with van der Waals surface area (Å²) in [6, 6.07) is 9.75. The Bertz CT molecular complexity index is 661. The standard InChI is InChI=1S/C12H9NO2/c1-13-10-5-3-2-4-9(10)12-11(13)6-8(7-14)15-12/h2-7H,1H3. The molecule has 0 unspecified atom stereocenters. The van der Waals surface area contributed by atoms with Crippen LogP contribution in [0, 0.1) is 0 Å². The van der Waals surface area contributed by atoms with Gasteiger partial charge in [0.25, 0.3) is 0 Å². The zero-order chi connectivity index (χ0) is 10.4. The number of carbonyl (C=O) groups excluding carboxylic acids is 1. The summed E-state index contributed by atoms with van der Waals surface area (Å²) < 4.78 is 7.49. The van der Waals surface area contributed by atoms with Crippen molar-refractivity contribution < 1.29 is 9.21 Å². The van der Waals surface area contributed by atoms with Gasteiger partial charge in [-0.25, -0.2) is 0 Å². The molecule has 0 fully saturated rings. The number of aldehydes is 1. The lowest BCUT2D eigenvalue weighted by Gasteiger charge is -1.94. The number of rotatable bonds is 1. The van der Waals surface area contributed by atoms with E-state index in [1.807, 2.05) is 35.9 Å². The van der Waals surface area contributed by atoms with Gasteiger partial charge in [-0.05, 0) is 12.1 Å². The molecule has 0 saturated heterocycles. The summed E-state index contributed by atoms with van der Waals surface area (Å²) in [4.78, 5) is 10.6. The Hall–Kier alpha value is -2.03. The van der Waals surface area contributed by atoms with Gasteiger partial charge >= 0.3 is 0 Å². The van der Waals surface area contributed by atoms with Gasteiger partial charge in [0, 0.05) is 18.5 Å². The summed E-state index contributed by atoms with van der Waals surface area (Å²) >= 11 is 0. The third-order valence-corrected chi connectivity index (χ3v) is 2.72. The van der Waals surface area contributed by atoms with Crippen molar-refractivity contribution in [2.75, 3.05) is 0 Å². The molecule has 0 atom stereocenters. The first-order valence-corrected chi connectivity index (χ1v) is 4.73. The molecule has 74 valence electrons. The van der Waals surface area contributed by atoms with Crippen LogP contribution >= 0.6 is 0 Å². The molecule has 3 rings (SSSR count). The Balaban J connectivity index is 2.57. The molecule has 3 heteroatoms. The molecule has 0 saturated carbocycles. The van der Waals surface area contributed by atoms with Gasteiger partial charge in [-0.1, -0.05) is 12.1 Å². The highest BCUT2D eigenvalue weighted by Crippen LogP contribution is 2.29. The van der Waals surface area contributed by atoms with Crippen molar-refractivity contribution in [2.24, 2.45) is 7.05 Å². The van der Waals surface area contributed by atoms with Crippen LogP contribution in [0.15, 0.2) is 34.7 Å². The summed E-state index contributed by atoms with van der Waals surface area (Å²) in [5, 5.41) is 1.04.